The molecule has 10 heteroatoms. The second kappa shape index (κ2) is 13.1. The molecule has 2 rings (SSSR count). The van der Waals surface area contributed by atoms with Crippen molar-refractivity contribution in [2.75, 3.05) is 0 Å². The van der Waals surface area contributed by atoms with Crippen LogP contribution in [0.5, 0.6) is 0 Å². The van der Waals surface area contributed by atoms with Crippen molar-refractivity contribution in [1.29, 1.82) is 0 Å². The molecule has 0 spiro atoms. The second-order valence-electron chi connectivity index (χ2n) is 9.81. The summed E-state index contributed by atoms with van der Waals surface area (Å²) in [5.74, 6) is -2.93. The van der Waals surface area contributed by atoms with Gasteiger partial charge < -0.3 is 31.8 Å². The summed E-state index contributed by atoms with van der Waals surface area (Å²) in [6, 6.07) is 3.68. The van der Waals surface area contributed by atoms with Crippen LogP contribution in [0.25, 0.3) is 10.9 Å². The van der Waals surface area contributed by atoms with Crippen LogP contribution in [0, 0.1) is 11.8 Å². The molecule has 198 valence electrons. The fourth-order valence-corrected chi connectivity index (χ4v) is 3.94. The number of para-hydroxylation sites is 1. The number of aromatic amines is 1. The van der Waals surface area contributed by atoms with Gasteiger partial charge in [0.15, 0.2) is 0 Å². The summed E-state index contributed by atoms with van der Waals surface area (Å²) < 4.78 is 0. The highest BCUT2D eigenvalue weighted by Gasteiger charge is 2.33. The van der Waals surface area contributed by atoms with Crippen molar-refractivity contribution in [1.82, 2.24) is 20.9 Å². The van der Waals surface area contributed by atoms with Crippen molar-refractivity contribution in [3.8, 4) is 0 Å². The van der Waals surface area contributed by atoms with Gasteiger partial charge in [0.2, 0.25) is 17.7 Å². The Morgan fingerprint density at radius 1 is 0.944 bits per heavy atom. The Bertz CT molecular complexity index is 1060. The van der Waals surface area contributed by atoms with Gasteiger partial charge in [0, 0.05) is 23.5 Å². The Balaban J connectivity index is 2.20. The smallest absolute Gasteiger partial charge is 0.326 e. The quantitative estimate of drug-likeness (QED) is 0.244. The van der Waals surface area contributed by atoms with Gasteiger partial charge >= 0.3 is 5.97 Å². The zero-order valence-corrected chi connectivity index (χ0v) is 21.6. The molecule has 1 heterocycles. The van der Waals surface area contributed by atoms with E-state index >= 15 is 0 Å². The number of amides is 3. The number of aliphatic carboxylic acids is 1. The third-order valence-corrected chi connectivity index (χ3v) is 6.26. The molecule has 0 fully saturated rings. The molecular formula is C26H39N5O5. The summed E-state index contributed by atoms with van der Waals surface area (Å²) in [5, 5.41) is 18.7. The average Bonchev–Trinajstić information content (AvgIpc) is 3.23. The highest BCUT2D eigenvalue weighted by atomic mass is 16.4. The first-order chi connectivity index (χ1) is 16.9. The molecule has 0 aliphatic carbocycles. The molecule has 5 unspecified atom stereocenters. The number of nitrogens with one attached hydrogen (secondary N) is 4. The Morgan fingerprint density at radius 2 is 1.58 bits per heavy atom. The molecule has 7 N–H and O–H groups in total. The highest BCUT2D eigenvalue weighted by Crippen LogP contribution is 2.19. The van der Waals surface area contributed by atoms with Gasteiger partial charge in [0.1, 0.15) is 18.1 Å². The van der Waals surface area contributed by atoms with E-state index in [0.29, 0.717) is 12.8 Å². The number of carbonyl (C=O) groups is 4. The monoisotopic (exact) mass is 501 g/mol. The van der Waals surface area contributed by atoms with Gasteiger partial charge in [0.05, 0.1) is 6.04 Å². The standard InChI is InChI=1S/C26H39N5O5/c1-6-15(4)22(31-24(33)20(11-14(2)3)29-23(32)16(5)27)25(34)30-21(26(35)36)12-17-13-28-19-10-8-7-9-18(17)19/h7-10,13-16,20-22,28H,6,11-12,27H2,1-5H3,(H,29,32)(H,30,34)(H,31,33)(H,35,36). The Hall–Kier alpha value is -3.40. The maximum atomic E-state index is 13.3. The van der Waals surface area contributed by atoms with Crippen molar-refractivity contribution >= 4 is 34.6 Å². The number of hydrogen-bond donors (Lipinski definition) is 6. The van der Waals surface area contributed by atoms with Crippen LogP contribution in [-0.2, 0) is 25.6 Å². The number of carboxylic acids is 1. The molecule has 0 saturated carbocycles. The van der Waals surface area contributed by atoms with Crippen molar-refractivity contribution in [2.45, 2.75) is 78.0 Å². The van der Waals surface area contributed by atoms with Crippen LogP contribution >= 0.6 is 0 Å². The van der Waals surface area contributed by atoms with E-state index in [1.54, 1.807) is 13.1 Å². The van der Waals surface area contributed by atoms with Crippen LogP contribution in [0.2, 0.25) is 0 Å². The summed E-state index contributed by atoms with van der Waals surface area (Å²) >= 11 is 0. The van der Waals surface area contributed by atoms with Crippen LogP contribution in [0.3, 0.4) is 0 Å². The van der Waals surface area contributed by atoms with Crippen LogP contribution in [-0.4, -0.2) is 57.9 Å². The average molecular weight is 502 g/mol. The van der Waals surface area contributed by atoms with Crippen LogP contribution in [0.1, 0.15) is 53.0 Å². The number of H-pyrrole nitrogens is 1. The largest absolute Gasteiger partial charge is 0.480 e. The lowest BCUT2D eigenvalue weighted by Crippen LogP contribution is -2.58. The van der Waals surface area contributed by atoms with Crippen molar-refractivity contribution in [2.24, 2.45) is 17.6 Å². The van der Waals surface area contributed by atoms with Crippen molar-refractivity contribution in [3.63, 3.8) is 0 Å². The molecule has 0 radical (unpaired) electrons. The van der Waals surface area contributed by atoms with Gasteiger partial charge in [-0.3, -0.25) is 14.4 Å². The van der Waals surface area contributed by atoms with Gasteiger partial charge in [-0.05, 0) is 36.8 Å². The number of rotatable bonds is 13. The maximum absolute atomic E-state index is 13.3. The number of benzene rings is 1. The predicted octanol–water partition coefficient (Wildman–Crippen LogP) is 1.69. The molecular weight excluding hydrogens is 462 g/mol. The summed E-state index contributed by atoms with van der Waals surface area (Å²) in [7, 11) is 0. The first-order valence-electron chi connectivity index (χ1n) is 12.4. The first-order valence-corrected chi connectivity index (χ1v) is 12.4. The van der Waals surface area contributed by atoms with E-state index in [1.165, 1.54) is 6.92 Å². The van der Waals surface area contributed by atoms with E-state index in [-0.39, 0.29) is 18.3 Å². The lowest BCUT2D eigenvalue weighted by atomic mass is 9.96. The molecule has 3 amide bonds. The van der Waals surface area contributed by atoms with E-state index < -0.39 is 47.9 Å². The predicted molar refractivity (Wildman–Crippen MR) is 138 cm³/mol. The molecule has 5 atom stereocenters. The van der Waals surface area contributed by atoms with Crippen LogP contribution in [0.15, 0.2) is 30.5 Å². The van der Waals surface area contributed by atoms with Crippen molar-refractivity contribution in [3.05, 3.63) is 36.0 Å². The summed E-state index contributed by atoms with van der Waals surface area (Å²) in [6.07, 6.45) is 2.74. The molecule has 1 aromatic carbocycles. The van der Waals surface area contributed by atoms with E-state index in [4.69, 9.17) is 5.73 Å². The number of carbonyl (C=O) groups excluding carboxylic acids is 3. The summed E-state index contributed by atoms with van der Waals surface area (Å²) in [4.78, 5) is 53.7. The number of fused-ring (bicyclic) bond motifs is 1. The molecule has 0 bridgehead atoms. The molecule has 2 aromatic rings. The molecule has 0 aliphatic heterocycles. The van der Waals surface area contributed by atoms with Crippen LogP contribution < -0.4 is 21.7 Å². The second-order valence-corrected chi connectivity index (χ2v) is 9.81. The Morgan fingerprint density at radius 3 is 2.17 bits per heavy atom. The topological polar surface area (TPSA) is 166 Å². The highest BCUT2D eigenvalue weighted by molar-refractivity contribution is 5.94. The number of nitrogens with two attached hydrogens (primary N) is 1. The van der Waals surface area contributed by atoms with E-state index in [1.807, 2.05) is 45.0 Å². The van der Waals surface area contributed by atoms with Crippen molar-refractivity contribution < 1.29 is 24.3 Å². The number of aromatic nitrogens is 1. The normalized spacial score (nSPS) is 15.5. The first kappa shape index (κ1) is 28.8. The molecule has 10 nitrogen and oxygen atoms in total. The lowest BCUT2D eigenvalue weighted by Gasteiger charge is -2.28. The van der Waals surface area contributed by atoms with Gasteiger partial charge in [-0.15, -0.1) is 0 Å². The van der Waals surface area contributed by atoms with Gasteiger partial charge in [-0.2, -0.15) is 0 Å². The fraction of sp³-hybridized carbons (Fsp3) is 0.538. The zero-order valence-electron chi connectivity index (χ0n) is 21.6. The molecule has 36 heavy (non-hydrogen) atoms. The minimum absolute atomic E-state index is 0.0761. The molecule has 0 saturated heterocycles. The van der Waals surface area contributed by atoms with E-state index in [0.717, 1.165) is 16.5 Å². The van der Waals surface area contributed by atoms with E-state index in [9.17, 15) is 24.3 Å². The minimum atomic E-state index is -1.19. The van der Waals surface area contributed by atoms with E-state index in [2.05, 4.69) is 20.9 Å². The number of carboxylic acid groups (broad SMARTS) is 1. The van der Waals surface area contributed by atoms with Gasteiger partial charge in [-0.25, -0.2) is 4.79 Å². The number of hydrogen-bond acceptors (Lipinski definition) is 5. The third kappa shape index (κ3) is 7.81. The molecule has 0 aliphatic rings. The fourth-order valence-electron chi connectivity index (χ4n) is 3.94. The maximum Gasteiger partial charge on any atom is 0.326 e. The minimum Gasteiger partial charge on any atom is -0.480 e. The Kier molecular flexibility index (Phi) is 10.5. The third-order valence-electron chi connectivity index (χ3n) is 6.26. The van der Waals surface area contributed by atoms with Crippen LogP contribution in [0.4, 0.5) is 0 Å². The summed E-state index contributed by atoms with van der Waals surface area (Å²) in [6.45, 7) is 9.03. The lowest BCUT2D eigenvalue weighted by molar-refractivity contribution is -0.142. The van der Waals surface area contributed by atoms with Gasteiger partial charge in [-0.1, -0.05) is 52.3 Å². The molecule has 1 aromatic heterocycles. The van der Waals surface area contributed by atoms with Gasteiger partial charge in [0.25, 0.3) is 0 Å². The summed E-state index contributed by atoms with van der Waals surface area (Å²) in [5.41, 5.74) is 7.28. The Labute approximate surface area is 211 Å². The zero-order chi connectivity index (χ0) is 27.0. The SMILES string of the molecule is CCC(C)C(NC(=O)C(CC(C)C)NC(=O)C(C)N)C(=O)NC(Cc1c[nH]c2ccccc12)C(=O)O.